The Balaban J connectivity index is 1.70. The standard InChI is InChI=1S/C18H15F3N4O/c19-18(20,21)14-3-1-2-12(8-14)16(26)25(17-23-24-17)15-5-4-11-6-7-22-10-13(11)9-15/h1-5,8-9,22H,6-7,10H2,(H,23,24). The highest BCUT2D eigenvalue weighted by Crippen LogP contribution is 2.31. The van der Waals surface area contributed by atoms with E-state index in [1.807, 2.05) is 12.1 Å². The number of halogens is 3. The molecule has 2 aromatic carbocycles. The molecule has 0 unspecified atom stereocenters. The molecule has 0 bridgehead atoms. The molecule has 8 heteroatoms. The Bertz CT molecular complexity index is 908. The van der Waals surface area contributed by atoms with E-state index in [4.69, 9.17) is 0 Å². The Labute approximate surface area is 147 Å². The van der Waals surface area contributed by atoms with E-state index >= 15 is 0 Å². The molecule has 5 nitrogen and oxygen atoms in total. The van der Waals surface area contributed by atoms with Gasteiger partial charge in [-0.3, -0.25) is 4.79 Å². The van der Waals surface area contributed by atoms with Crippen LogP contribution >= 0.6 is 0 Å². The van der Waals surface area contributed by atoms with E-state index in [9.17, 15) is 18.0 Å². The number of carbonyl (C=O) groups excluding carboxylic acids is 1. The van der Waals surface area contributed by atoms with Gasteiger partial charge in [-0.25, -0.2) is 10.3 Å². The first kappa shape index (κ1) is 16.6. The van der Waals surface area contributed by atoms with Gasteiger partial charge in [-0.1, -0.05) is 12.1 Å². The van der Waals surface area contributed by atoms with Crippen LogP contribution in [0.2, 0.25) is 0 Å². The first-order valence-electron chi connectivity index (χ1n) is 8.11. The number of alkyl halides is 3. The number of rotatable bonds is 2. The van der Waals surface area contributed by atoms with E-state index in [1.165, 1.54) is 22.6 Å². The third kappa shape index (κ3) is 3.15. The van der Waals surface area contributed by atoms with Crippen LogP contribution in [0.1, 0.15) is 27.0 Å². The van der Waals surface area contributed by atoms with Crippen molar-refractivity contribution >= 4 is 17.6 Å². The van der Waals surface area contributed by atoms with Crippen molar-refractivity contribution in [3.63, 3.8) is 0 Å². The Morgan fingerprint density at radius 3 is 2.65 bits per heavy atom. The van der Waals surface area contributed by atoms with E-state index in [-0.39, 0.29) is 5.56 Å². The molecule has 0 radical (unpaired) electrons. The molecule has 2 heterocycles. The summed E-state index contributed by atoms with van der Waals surface area (Å²) in [5.41, 5.74) is 4.54. The van der Waals surface area contributed by atoms with Crippen LogP contribution < -0.4 is 15.6 Å². The number of hydrazone groups is 1. The Morgan fingerprint density at radius 1 is 1.12 bits per heavy atom. The third-order valence-electron chi connectivity index (χ3n) is 4.40. The molecule has 2 aliphatic rings. The van der Waals surface area contributed by atoms with Crippen molar-refractivity contribution < 1.29 is 18.0 Å². The van der Waals surface area contributed by atoms with Gasteiger partial charge in [-0.15, -0.1) is 5.10 Å². The number of guanidine groups is 1. The summed E-state index contributed by atoms with van der Waals surface area (Å²) in [6.45, 7) is 1.59. The monoisotopic (exact) mass is 360 g/mol. The molecule has 0 atom stereocenters. The van der Waals surface area contributed by atoms with Gasteiger partial charge in [0.25, 0.3) is 5.91 Å². The van der Waals surface area contributed by atoms with Crippen molar-refractivity contribution in [2.24, 2.45) is 5.10 Å². The second-order valence-corrected chi connectivity index (χ2v) is 6.15. The molecule has 2 aromatic rings. The van der Waals surface area contributed by atoms with E-state index in [0.717, 1.165) is 30.7 Å². The lowest BCUT2D eigenvalue weighted by Crippen LogP contribution is -2.35. The molecule has 2 aliphatic heterocycles. The Hall–Kier alpha value is -2.87. The summed E-state index contributed by atoms with van der Waals surface area (Å²) in [5.74, 6) is -0.250. The second kappa shape index (κ2) is 6.14. The highest BCUT2D eigenvalue weighted by atomic mass is 19.4. The van der Waals surface area contributed by atoms with Gasteiger partial charge in [-0.2, -0.15) is 13.2 Å². The summed E-state index contributed by atoms with van der Waals surface area (Å²) < 4.78 is 38.8. The zero-order chi connectivity index (χ0) is 18.3. The van der Waals surface area contributed by atoms with Crippen LogP contribution in [0.5, 0.6) is 0 Å². The zero-order valence-corrected chi connectivity index (χ0v) is 13.6. The Kier molecular flexibility index (Phi) is 3.91. The smallest absolute Gasteiger partial charge is 0.312 e. The van der Waals surface area contributed by atoms with Crippen LogP contribution in [0.15, 0.2) is 47.6 Å². The molecule has 26 heavy (non-hydrogen) atoms. The summed E-state index contributed by atoms with van der Waals surface area (Å²) in [6.07, 6.45) is -3.61. The highest BCUT2D eigenvalue weighted by molar-refractivity contribution is 6.24. The highest BCUT2D eigenvalue weighted by Gasteiger charge is 2.33. The molecular weight excluding hydrogens is 345 g/mol. The first-order chi connectivity index (χ1) is 12.4. The lowest BCUT2D eigenvalue weighted by molar-refractivity contribution is -0.137. The van der Waals surface area contributed by atoms with Gasteiger partial charge in [0, 0.05) is 12.1 Å². The first-order valence-corrected chi connectivity index (χ1v) is 8.11. The minimum atomic E-state index is -4.51. The number of nitrogens with one attached hydrogen (secondary N) is 2. The fourth-order valence-corrected chi connectivity index (χ4v) is 3.02. The van der Waals surface area contributed by atoms with Crippen molar-refractivity contribution in [3.8, 4) is 0 Å². The zero-order valence-electron chi connectivity index (χ0n) is 13.6. The van der Waals surface area contributed by atoms with Crippen LogP contribution in [-0.4, -0.2) is 18.4 Å². The summed E-state index contributed by atoms with van der Waals surface area (Å²) in [4.78, 5) is 14.2. The van der Waals surface area contributed by atoms with Crippen molar-refractivity contribution in [1.82, 2.24) is 10.7 Å². The van der Waals surface area contributed by atoms with Crippen LogP contribution in [0.3, 0.4) is 0 Å². The molecule has 0 aromatic heterocycles. The van der Waals surface area contributed by atoms with Crippen LogP contribution in [0.4, 0.5) is 18.9 Å². The molecule has 0 spiro atoms. The van der Waals surface area contributed by atoms with Gasteiger partial charge >= 0.3 is 6.18 Å². The van der Waals surface area contributed by atoms with Crippen molar-refractivity contribution in [3.05, 3.63) is 64.7 Å². The number of hydrogen-bond acceptors (Lipinski definition) is 4. The SMILES string of the molecule is O=C(c1cccc(C(F)(F)F)c1)N(C1=NN1)c1ccc2c(c1)CNCC2. The number of hydrogen-bond donors (Lipinski definition) is 2. The lowest BCUT2D eigenvalue weighted by atomic mass is 10.00. The predicted molar refractivity (Wildman–Crippen MR) is 90.7 cm³/mol. The van der Waals surface area contributed by atoms with Crippen LogP contribution in [-0.2, 0) is 19.1 Å². The normalized spacial score (nSPS) is 15.6. The lowest BCUT2D eigenvalue weighted by Gasteiger charge is -2.22. The van der Waals surface area contributed by atoms with Crippen molar-refractivity contribution in [1.29, 1.82) is 0 Å². The summed E-state index contributed by atoms with van der Waals surface area (Å²) in [6, 6.07) is 10.0. The molecule has 1 amide bonds. The van der Waals surface area contributed by atoms with Gasteiger partial charge < -0.3 is 5.32 Å². The number of fused-ring (bicyclic) bond motifs is 1. The molecule has 0 aliphatic carbocycles. The fraction of sp³-hybridized carbons (Fsp3) is 0.222. The molecule has 134 valence electrons. The predicted octanol–water partition coefficient (Wildman–Crippen LogP) is 2.87. The van der Waals surface area contributed by atoms with Crippen LogP contribution in [0, 0.1) is 0 Å². The second-order valence-electron chi connectivity index (χ2n) is 6.15. The molecule has 2 N–H and O–H groups in total. The molecule has 0 saturated heterocycles. The number of carbonyl (C=O) groups is 1. The van der Waals surface area contributed by atoms with Crippen molar-refractivity contribution in [2.75, 3.05) is 11.4 Å². The maximum absolute atomic E-state index is 12.9. The summed E-state index contributed by atoms with van der Waals surface area (Å²) in [5, 5.41) is 7.11. The summed E-state index contributed by atoms with van der Waals surface area (Å²) in [7, 11) is 0. The van der Waals surface area contributed by atoms with Gasteiger partial charge in [0.2, 0.25) is 5.96 Å². The van der Waals surface area contributed by atoms with E-state index in [0.29, 0.717) is 18.2 Å². The number of anilines is 1. The largest absolute Gasteiger partial charge is 0.416 e. The van der Waals surface area contributed by atoms with E-state index in [2.05, 4.69) is 15.8 Å². The van der Waals surface area contributed by atoms with Gasteiger partial charge in [0.15, 0.2) is 0 Å². The molecular formula is C18H15F3N4O. The number of benzene rings is 2. The minimum absolute atomic E-state index is 0.0490. The molecule has 0 saturated carbocycles. The summed E-state index contributed by atoms with van der Waals surface area (Å²) >= 11 is 0. The number of amides is 1. The van der Waals surface area contributed by atoms with Gasteiger partial charge in [-0.05, 0) is 54.4 Å². The maximum Gasteiger partial charge on any atom is 0.416 e. The number of nitrogens with zero attached hydrogens (tertiary/aromatic N) is 2. The minimum Gasteiger partial charge on any atom is -0.312 e. The van der Waals surface area contributed by atoms with E-state index in [1.54, 1.807) is 6.07 Å². The quantitative estimate of drug-likeness (QED) is 0.866. The Morgan fingerprint density at radius 2 is 1.92 bits per heavy atom. The van der Waals surface area contributed by atoms with E-state index < -0.39 is 17.6 Å². The van der Waals surface area contributed by atoms with Crippen LogP contribution in [0.25, 0.3) is 0 Å². The molecule has 0 fully saturated rings. The topological polar surface area (TPSA) is 66.6 Å². The average Bonchev–Trinajstić information content (AvgIpc) is 3.46. The van der Waals surface area contributed by atoms with Gasteiger partial charge in [0.05, 0.1) is 11.3 Å². The maximum atomic E-state index is 12.9. The van der Waals surface area contributed by atoms with Crippen molar-refractivity contribution in [2.45, 2.75) is 19.1 Å². The fourth-order valence-electron chi connectivity index (χ4n) is 3.02. The average molecular weight is 360 g/mol. The molecule has 4 rings (SSSR count). The van der Waals surface area contributed by atoms with Gasteiger partial charge in [0.1, 0.15) is 0 Å². The third-order valence-corrected chi connectivity index (χ3v) is 4.40.